The van der Waals surface area contributed by atoms with Crippen LogP contribution in [0.2, 0.25) is 0 Å². The highest BCUT2D eigenvalue weighted by atomic mass is 17.2. The number of carbonyl (C=O) groups is 1. The van der Waals surface area contributed by atoms with E-state index >= 15 is 0 Å². The lowest BCUT2D eigenvalue weighted by atomic mass is 9.66. The van der Waals surface area contributed by atoms with Crippen LogP contribution < -0.4 is 4.89 Å². The monoisotopic (exact) mass is 529 g/mol. The molecular weight excluding hydrogens is 490 g/mol. The molecule has 0 aliphatic heterocycles. The highest BCUT2D eigenvalue weighted by Gasteiger charge is 2.39. The smallest absolute Gasteiger partial charge is 0.336 e. The third-order valence-corrected chi connectivity index (χ3v) is 7.31. The number of carboxylic acids is 1. The molecule has 1 aliphatic rings. The first-order valence-corrected chi connectivity index (χ1v) is 13.3. The van der Waals surface area contributed by atoms with E-state index < -0.39 is 5.97 Å². The Balaban J connectivity index is 1.75. The summed E-state index contributed by atoms with van der Waals surface area (Å²) in [4.78, 5) is 22.6. The minimum absolute atomic E-state index is 0.00241. The molecule has 1 unspecified atom stereocenters. The molecule has 0 saturated carbocycles. The average molecular weight is 530 g/mol. The molecule has 0 amide bonds. The summed E-state index contributed by atoms with van der Waals surface area (Å²) in [5.41, 5.74) is 5.10. The third-order valence-electron chi connectivity index (χ3n) is 7.31. The molecule has 0 spiro atoms. The van der Waals surface area contributed by atoms with E-state index in [-0.39, 0.29) is 28.9 Å². The second-order valence-electron chi connectivity index (χ2n) is 12.2. The van der Waals surface area contributed by atoms with Crippen LogP contribution in [0.4, 0.5) is 0 Å². The summed E-state index contributed by atoms with van der Waals surface area (Å²) in [5, 5.41) is 21.8. The van der Waals surface area contributed by atoms with Crippen LogP contribution in [0.15, 0.2) is 78.2 Å². The Hall–Kier alpha value is -3.77. The maximum absolute atomic E-state index is 11.5. The van der Waals surface area contributed by atoms with Gasteiger partial charge in [0, 0.05) is 35.1 Å². The molecular formula is C33H39NO5. The van der Waals surface area contributed by atoms with E-state index in [4.69, 9.17) is 9.78 Å². The maximum atomic E-state index is 11.5. The number of hydrogen-bond donors (Lipinski definition) is 2. The quantitative estimate of drug-likeness (QED) is 0.237. The van der Waals surface area contributed by atoms with Gasteiger partial charge in [-0.25, -0.2) is 4.79 Å². The van der Waals surface area contributed by atoms with Crippen LogP contribution in [-0.4, -0.2) is 20.7 Å². The summed E-state index contributed by atoms with van der Waals surface area (Å²) in [7, 11) is 0. The molecule has 0 fully saturated rings. The largest absolute Gasteiger partial charge is 0.511 e. The Morgan fingerprint density at radius 2 is 1.77 bits per heavy atom. The Kier molecular flexibility index (Phi) is 7.55. The van der Waals surface area contributed by atoms with Crippen molar-refractivity contribution in [2.24, 2.45) is 16.7 Å². The van der Waals surface area contributed by atoms with Crippen molar-refractivity contribution in [2.75, 3.05) is 0 Å². The fourth-order valence-corrected chi connectivity index (χ4v) is 5.39. The number of hydrogen-bond acceptors (Lipinski definition) is 4. The fraction of sp³-hybridized carbons (Fsp3) is 0.364. The predicted molar refractivity (Wildman–Crippen MR) is 156 cm³/mol. The van der Waals surface area contributed by atoms with Gasteiger partial charge in [0.2, 0.25) is 0 Å². The lowest BCUT2D eigenvalue weighted by Crippen LogP contribution is -2.30. The van der Waals surface area contributed by atoms with Crippen LogP contribution >= 0.6 is 0 Å². The highest BCUT2D eigenvalue weighted by Crippen LogP contribution is 2.50. The predicted octanol–water partition coefficient (Wildman–Crippen LogP) is 8.34. The van der Waals surface area contributed by atoms with Gasteiger partial charge in [0.1, 0.15) is 12.4 Å². The van der Waals surface area contributed by atoms with E-state index in [1.54, 1.807) is 24.3 Å². The molecule has 2 aromatic carbocycles. The van der Waals surface area contributed by atoms with Gasteiger partial charge in [-0.1, -0.05) is 66.3 Å². The normalized spacial score (nSPS) is 16.5. The van der Waals surface area contributed by atoms with Gasteiger partial charge >= 0.3 is 5.97 Å². The standard InChI is InChI=1S/C33H39NO5/c1-9-34-18-26(24-17-27(32(3,4)5)30(35)29(20(24)2)33(6,7)8)25-16-22(14-15-28(25)34)39-38-19-21-12-10-11-13-23(21)31(36)37/h10-18,29,35H,2,9,19H2,1,3-8H3,(H,36,37). The van der Waals surface area contributed by atoms with Crippen LogP contribution in [0, 0.1) is 16.7 Å². The molecule has 4 rings (SSSR count). The number of aromatic carboxylic acids is 1. The molecule has 0 saturated heterocycles. The van der Waals surface area contributed by atoms with E-state index in [0.717, 1.165) is 39.7 Å². The molecule has 2 N–H and O–H groups in total. The number of aliphatic hydroxyl groups is 1. The van der Waals surface area contributed by atoms with Crippen LogP contribution in [0.5, 0.6) is 5.75 Å². The molecule has 1 heterocycles. The van der Waals surface area contributed by atoms with E-state index in [9.17, 15) is 15.0 Å². The van der Waals surface area contributed by atoms with Gasteiger partial charge in [-0.2, -0.15) is 4.89 Å². The Morgan fingerprint density at radius 3 is 2.38 bits per heavy atom. The van der Waals surface area contributed by atoms with Gasteiger partial charge in [0.25, 0.3) is 0 Å². The molecule has 206 valence electrons. The van der Waals surface area contributed by atoms with E-state index in [0.29, 0.717) is 17.1 Å². The summed E-state index contributed by atoms with van der Waals surface area (Å²) >= 11 is 0. The van der Waals surface area contributed by atoms with Crippen molar-refractivity contribution < 1.29 is 24.8 Å². The first-order valence-electron chi connectivity index (χ1n) is 13.3. The van der Waals surface area contributed by atoms with Gasteiger partial charge in [-0.15, -0.1) is 0 Å². The molecule has 0 radical (unpaired) electrons. The van der Waals surface area contributed by atoms with Crippen molar-refractivity contribution in [3.05, 3.63) is 94.9 Å². The van der Waals surface area contributed by atoms with Crippen molar-refractivity contribution in [3.63, 3.8) is 0 Å². The summed E-state index contributed by atoms with van der Waals surface area (Å²) in [6, 6.07) is 12.5. The maximum Gasteiger partial charge on any atom is 0.336 e. The summed E-state index contributed by atoms with van der Waals surface area (Å²) in [6.45, 7) is 20.1. The van der Waals surface area contributed by atoms with E-state index in [2.05, 4.69) is 71.9 Å². The number of rotatable bonds is 7. The third kappa shape index (κ3) is 5.52. The molecule has 6 nitrogen and oxygen atoms in total. The number of aromatic nitrogens is 1. The molecule has 39 heavy (non-hydrogen) atoms. The molecule has 6 heteroatoms. The van der Waals surface area contributed by atoms with Crippen LogP contribution in [0.25, 0.3) is 16.5 Å². The zero-order chi connectivity index (χ0) is 28.7. The van der Waals surface area contributed by atoms with E-state index in [1.165, 1.54) is 0 Å². The van der Waals surface area contributed by atoms with Gasteiger partial charge in [-0.3, -0.25) is 0 Å². The van der Waals surface area contributed by atoms with Gasteiger partial charge in [0.05, 0.1) is 5.56 Å². The van der Waals surface area contributed by atoms with Gasteiger partial charge in [0.15, 0.2) is 5.75 Å². The lowest BCUT2D eigenvalue weighted by molar-refractivity contribution is -0.217. The van der Waals surface area contributed by atoms with Crippen molar-refractivity contribution in [1.29, 1.82) is 0 Å². The van der Waals surface area contributed by atoms with Crippen molar-refractivity contribution in [2.45, 2.75) is 61.6 Å². The zero-order valence-corrected chi connectivity index (χ0v) is 24.0. The summed E-state index contributed by atoms with van der Waals surface area (Å²) in [6.07, 6.45) is 4.22. The van der Waals surface area contributed by atoms with Crippen molar-refractivity contribution >= 4 is 22.4 Å². The number of allylic oxidation sites excluding steroid dienone is 4. The van der Waals surface area contributed by atoms with Crippen LogP contribution in [0.3, 0.4) is 0 Å². The van der Waals surface area contributed by atoms with Crippen LogP contribution in [-0.2, 0) is 18.0 Å². The Bertz CT molecular complexity index is 1490. The summed E-state index contributed by atoms with van der Waals surface area (Å²) < 4.78 is 2.19. The number of benzene rings is 2. The van der Waals surface area contributed by atoms with Crippen molar-refractivity contribution in [1.82, 2.24) is 4.57 Å². The van der Waals surface area contributed by atoms with Gasteiger partial charge in [-0.05, 0) is 70.4 Å². The van der Waals surface area contributed by atoms with E-state index in [1.807, 2.05) is 18.2 Å². The number of carboxylic acid groups (broad SMARTS) is 1. The molecule has 1 aliphatic carbocycles. The topological polar surface area (TPSA) is 80.9 Å². The fourth-order valence-electron chi connectivity index (χ4n) is 5.39. The molecule has 1 aromatic heterocycles. The van der Waals surface area contributed by atoms with Crippen molar-refractivity contribution in [3.8, 4) is 5.75 Å². The lowest BCUT2D eigenvalue weighted by Gasteiger charge is -2.39. The first kappa shape index (κ1) is 28.2. The molecule has 1 atom stereocenters. The summed E-state index contributed by atoms with van der Waals surface area (Å²) in [5.74, 6) is -0.328. The average Bonchev–Trinajstić information content (AvgIpc) is 3.20. The Labute approximate surface area is 230 Å². The van der Waals surface area contributed by atoms with Crippen LogP contribution in [0.1, 0.15) is 70.0 Å². The zero-order valence-electron chi connectivity index (χ0n) is 24.0. The first-order chi connectivity index (χ1) is 18.2. The highest BCUT2D eigenvalue weighted by molar-refractivity contribution is 5.99. The molecule has 0 bridgehead atoms. The number of nitrogens with zero attached hydrogens (tertiary/aromatic N) is 1. The number of aryl methyl sites for hydroxylation is 1. The second kappa shape index (κ2) is 10.4. The minimum atomic E-state index is -1.01. The SMILES string of the molecule is C=C1C(c2cn(CC)c3ccc(OOCc4ccccc4C(=O)O)cc23)=CC(C(C)(C)C)=C(O)C1C(C)(C)C. The second-order valence-corrected chi connectivity index (χ2v) is 12.2. The number of aliphatic hydroxyl groups excluding tert-OH is 1. The Morgan fingerprint density at radius 1 is 1.08 bits per heavy atom. The minimum Gasteiger partial charge on any atom is -0.511 e. The van der Waals surface area contributed by atoms with Gasteiger partial charge < -0.3 is 19.7 Å². The molecule has 3 aromatic rings. The number of fused-ring (bicyclic) bond motifs is 1.